The van der Waals surface area contributed by atoms with Gasteiger partial charge in [-0.05, 0) is 49.6 Å². The lowest BCUT2D eigenvalue weighted by atomic mass is 10.1. The van der Waals surface area contributed by atoms with E-state index in [4.69, 9.17) is 14.2 Å². The van der Waals surface area contributed by atoms with Gasteiger partial charge in [-0.25, -0.2) is 4.79 Å². The summed E-state index contributed by atoms with van der Waals surface area (Å²) >= 11 is 0. The average molecular weight is 366 g/mol. The SMILES string of the molecule is CCc1ccc(/C=C2/Oc3cc(OCC(=O)OC(C)C)ccc3C2=O)cc1. The van der Waals surface area contributed by atoms with E-state index < -0.39 is 5.97 Å². The monoisotopic (exact) mass is 366 g/mol. The van der Waals surface area contributed by atoms with Crippen LogP contribution in [0.1, 0.15) is 42.3 Å². The number of fused-ring (bicyclic) bond motifs is 1. The highest BCUT2D eigenvalue weighted by atomic mass is 16.6. The van der Waals surface area contributed by atoms with Gasteiger partial charge in [-0.1, -0.05) is 31.2 Å². The number of carbonyl (C=O) groups excluding carboxylic acids is 2. The Balaban J connectivity index is 1.71. The van der Waals surface area contributed by atoms with E-state index in [1.165, 1.54) is 5.56 Å². The van der Waals surface area contributed by atoms with E-state index in [0.717, 1.165) is 12.0 Å². The van der Waals surface area contributed by atoms with Crippen LogP contribution in [0.2, 0.25) is 0 Å². The van der Waals surface area contributed by atoms with E-state index >= 15 is 0 Å². The molecule has 0 saturated heterocycles. The first kappa shape index (κ1) is 18.7. The minimum absolute atomic E-state index is 0.171. The van der Waals surface area contributed by atoms with Crippen molar-refractivity contribution < 1.29 is 23.8 Å². The quantitative estimate of drug-likeness (QED) is 0.566. The van der Waals surface area contributed by atoms with Gasteiger partial charge in [-0.2, -0.15) is 0 Å². The van der Waals surface area contributed by atoms with Gasteiger partial charge in [0.2, 0.25) is 5.78 Å². The lowest BCUT2D eigenvalue weighted by molar-refractivity contribution is -0.149. The van der Waals surface area contributed by atoms with Gasteiger partial charge < -0.3 is 14.2 Å². The molecule has 0 bridgehead atoms. The summed E-state index contributed by atoms with van der Waals surface area (Å²) in [4.78, 5) is 24.1. The molecule has 0 N–H and O–H groups in total. The van der Waals surface area contributed by atoms with Crippen LogP contribution in [-0.4, -0.2) is 24.5 Å². The van der Waals surface area contributed by atoms with Gasteiger partial charge >= 0.3 is 5.97 Å². The molecule has 0 atom stereocenters. The Morgan fingerprint density at radius 1 is 1.15 bits per heavy atom. The fourth-order valence-electron chi connectivity index (χ4n) is 2.70. The minimum Gasteiger partial charge on any atom is -0.482 e. The van der Waals surface area contributed by atoms with E-state index in [9.17, 15) is 9.59 Å². The molecule has 0 fully saturated rings. The van der Waals surface area contributed by atoms with E-state index in [1.807, 2.05) is 24.3 Å². The second kappa shape index (κ2) is 8.08. The van der Waals surface area contributed by atoms with Crippen molar-refractivity contribution in [3.05, 3.63) is 64.9 Å². The first-order valence-corrected chi connectivity index (χ1v) is 8.95. The summed E-state index contributed by atoms with van der Waals surface area (Å²) < 4.78 is 16.2. The number of hydrogen-bond acceptors (Lipinski definition) is 5. The van der Waals surface area contributed by atoms with Crippen LogP contribution in [0.15, 0.2) is 48.2 Å². The third-order valence-corrected chi connectivity index (χ3v) is 4.05. The zero-order chi connectivity index (χ0) is 19.4. The molecule has 3 rings (SSSR count). The summed E-state index contributed by atoms with van der Waals surface area (Å²) in [5.74, 6) is 0.515. The number of rotatable bonds is 6. The smallest absolute Gasteiger partial charge is 0.344 e. The van der Waals surface area contributed by atoms with Crippen molar-refractivity contribution in [1.82, 2.24) is 0 Å². The van der Waals surface area contributed by atoms with Crippen LogP contribution >= 0.6 is 0 Å². The first-order chi connectivity index (χ1) is 13.0. The lowest BCUT2D eigenvalue weighted by Crippen LogP contribution is -2.18. The van der Waals surface area contributed by atoms with E-state index in [-0.39, 0.29) is 24.3 Å². The molecule has 0 saturated carbocycles. The molecule has 140 valence electrons. The van der Waals surface area contributed by atoms with Crippen molar-refractivity contribution in [2.45, 2.75) is 33.3 Å². The maximum Gasteiger partial charge on any atom is 0.344 e. The van der Waals surface area contributed by atoms with Crippen molar-refractivity contribution in [2.24, 2.45) is 0 Å². The summed E-state index contributed by atoms with van der Waals surface area (Å²) in [6, 6.07) is 12.9. The predicted octanol–water partition coefficient (Wildman–Crippen LogP) is 4.20. The average Bonchev–Trinajstić information content (AvgIpc) is 2.95. The highest BCUT2D eigenvalue weighted by Gasteiger charge is 2.27. The zero-order valence-corrected chi connectivity index (χ0v) is 15.7. The van der Waals surface area contributed by atoms with Gasteiger partial charge in [0.25, 0.3) is 0 Å². The fraction of sp³-hybridized carbons (Fsp3) is 0.273. The Morgan fingerprint density at radius 2 is 1.89 bits per heavy atom. The van der Waals surface area contributed by atoms with Gasteiger partial charge in [0.15, 0.2) is 12.4 Å². The van der Waals surface area contributed by atoms with Gasteiger partial charge in [-0.3, -0.25) is 4.79 Å². The van der Waals surface area contributed by atoms with Crippen LogP contribution in [0.3, 0.4) is 0 Å². The minimum atomic E-state index is -0.446. The van der Waals surface area contributed by atoms with Crippen molar-refractivity contribution in [1.29, 1.82) is 0 Å². The third kappa shape index (κ3) is 4.56. The summed E-state index contributed by atoms with van der Waals surface area (Å²) in [7, 11) is 0. The number of ketones is 1. The number of hydrogen-bond donors (Lipinski definition) is 0. The number of allylic oxidation sites excluding steroid dienone is 1. The molecule has 2 aromatic rings. The molecule has 0 unspecified atom stereocenters. The van der Waals surface area contributed by atoms with Crippen molar-refractivity contribution in [2.75, 3.05) is 6.61 Å². The third-order valence-electron chi connectivity index (χ3n) is 4.05. The van der Waals surface area contributed by atoms with Gasteiger partial charge in [0, 0.05) is 6.07 Å². The molecule has 5 nitrogen and oxygen atoms in total. The zero-order valence-electron chi connectivity index (χ0n) is 15.7. The summed E-state index contributed by atoms with van der Waals surface area (Å²) in [5.41, 5.74) is 2.61. The molecule has 1 aliphatic heterocycles. The van der Waals surface area contributed by atoms with Crippen molar-refractivity contribution in [3.8, 4) is 11.5 Å². The van der Waals surface area contributed by atoms with Gasteiger partial charge in [0.05, 0.1) is 11.7 Å². The highest BCUT2D eigenvalue weighted by molar-refractivity contribution is 6.14. The number of Topliss-reactive ketones (excluding diaryl/α,β-unsaturated/α-hetero) is 1. The second-order valence-corrected chi connectivity index (χ2v) is 6.52. The molecule has 1 heterocycles. The Hall–Kier alpha value is -3.08. The summed E-state index contributed by atoms with van der Waals surface area (Å²) in [6.45, 7) is 5.44. The molecule has 0 spiro atoms. The van der Waals surface area contributed by atoms with Crippen LogP contribution in [-0.2, 0) is 16.0 Å². The fourth-order valence-corrected chi connectivity index (χ4v) is 2.70. The van der Waals surface area contributed by atoms with E-state index in [0.29, 0.717) is 17.1 Å². The van der Waals surface area contributed by atoms with Crippen LogP contribution in [0, 0.1) is 0 Å². The first-order valence-electron chi connectivity index (χ1n) is 8.95. The number of esters is 1. The molecule has 5 heteroatoms. The molecule has 0 aromatic heterocycles. The molecule has 27 heavy (non-hydrogen) atoms. The number of benzene rings is 2. The molecule has 0 aliphatic carbocycles. The van der Waals surface area contributed by atoms with E-state index in [1.54, 1.807) is 38.1 Å². The predicted molar refractivity (Wildman–Crippen MR) is 102 cm³/mol. The topological polar surface area (TPSA) is 61.8 Å². The second-order valence-electron chi connectivity index (χ2n) is 6.52. The summed E-state index contributed by atoms with van der Waals surface area (Å²) in [5, 5.41) is 0. The van der Waals surface area contributed by atoms with E-state index in [2.05, 4.69) is 6.92 Å². The molecule has 0 radical (unpaired) electrons. The molecule has 2 aromatic carbocycles. The van der Waals surface area contributed by atoms with Gasteiger partial charge in [-0.15, -0.1) is 0 Å². The molecular formula is C22H22O5. The van der Waals surface area contributed by atoms with Crippen LogP contribution in [0.25, 0.3) is 6.08 Å². The number of ether oxygens (including phenoxy) is 3. The lowest BCUT2D eigenvalue weighted by Gasteiger charge is -2.09. The maximum atomic E-state index is 12.5. The Bertz CT molecular complexity index is 878. The highest BCUT2D eigenvalue weighted by Crippen LogP contribution is 2.34. The summed E-state index contributed by atoms with van der Waals surface area (Å²) in [6.07, 6.45) is 2.49. The molecule has 1 aliphatic rings. The van der Waals surface area contributed by atoms with Crippen molar-refractivity contribution in [3.63, 3.8) is 0 Å². The standard InChI is InChI=1S/C22H22O5/c1-4-15-5-7-16(8-6-15)11-20-22(24)18-10-9-17(12-19(18)27-20)25-13-21(23)26-14(2)3/h5-12,14H,4,13H2,1-3H3/b20-11+. The van der Waals surface area contributed by atoms with Gasteiger partial charge in [0.1, 0.15) is 11.5 Å². The Labute approximate surface area is 158 Å². The Kier molecular flexibility index (Phi) is 5.60. The van der Waals surface area contributed by atoms with Crippen LogP contribution < -0.4 is 9.47 Å². The number of carbonyl (C=O) groups is 2. The van der Waals surface area contributed by atoms with Crippen LogP contribution in [0.5, 0.6) is 11.5 Å². The number of aryl methyl sites for hydroxylation is 1. The maximum absolute atomic E-state index is 12.5. The van der Waals surface area contributed by atoms with Crippen molar-refractivity contribution >= 4 is 17.8 Å². The Morgan fingerprint density at radius 3 is 2.56 bits per heavy atom. The largest absolute Gasteiger partial charge is 0.482 e. The normalized spacial score (nSPS) is 14.2. The molecule has 0 amide bonds. The van der Waals surface area contributed by atoms with Crippen LogP contribution in [0.4, 0.5) is 0 Å². The molecular weight excluding hydrogens is 344 g/mol.